The van der Waals surface area contributed by atoms with E-state index in [0.717, 1.165) is 6.54 Å². The monoisotopic (exact) mass is 357 g/mol. The van der Waals surface area contributed by atoms with Crippen LogP contribution in [0.15, 0.2) is 41.8 Å². The number of nitrogens with one attached hydrogen (secondary N) is 2. The van der Waals surface area contributed by atoms with Crippen molar-refractivity contribution in [1.29, 1.82) is 0 Å². The third-order valence-corrected chi connectivity index (χ3v) is 4.26. The fraction of sp³-hybridized carbons (Fsp3) is 0.333. The van der Waals surface area contributed by atoms with Crippen LogP contribution in [0.1, 0.15) is 12.0 Å². The van der Waals surface area contributed by atoms with Crippen molar-refractivity contribution in [1.82, 2.24) is 20.7 Å². The largest absolute Gasteiger partial charge is 0.481 e. The van der Waals surface area contributed by atoms with Crippen molar-refractivity contribution in [3.8, 4) is 11.4 Å². The highest BCUT2D eigenvalue weighted by Crippen LogP contribution is 2.18. The molecule has 1 aliphatic heterocycles. The van der Waals surface area contributed by atoms with E-state index in [9.17, 15) is 9.18 Å². The number of aromatic nitrogens is 2. The number of carboxylic acid groups (broad SMARTS) is 1. The van der Waals surface area contributed by atoms with E-state index in [2.05, 4.69) is 25.8 Å². The Balaban J connectivity index is 1.51. The number of nitrogens with zero attached hydrogens (tertiary/aromatic N) is 3. The van der Waals surface area contributed by atoms with Gasteiger partial charge >= 0.3 is 5.97 Å². The fourth-order valence-corrected chi connectivity index (χ4v) is 2.86. The van der Waals surface area contributed by atoms with Gasteiger partial charge in [0.05, 0.1) is 17.7 Å². The van der Waals surface area contributed by atoms with E-state index in [4.69, 9.17) is 5.11 Å². The molecule has 0 bridgehead atoms. The van der Waals surface area contributed by atoms with E-state index >= 15 is 0 Å². The van der Waals surface area contributed by atoms with Crippen LogP contribution in [-0.2, 0) is 4.79 Å². The molecule has 1 fully saturated rings. The van der Waals surface area contributed by atoms with Gasteiger partial charge in [-0.25, -0.2) is 14.4 Å². The Kier molecular flexibility index (Phi) is 5.85. The number of hydrazone groups is 1. The van der Waals surface area contributed by atoms with Gasteiger partial charge in [-0.2, -0.15) is 5.10 Å². The summed E-state index contributed by atoms with van der Waals surface area (Å²) in [5.74, 6) is -0.948. The molecule has 26 heavy (non-hydrogen) atoms. The molecule has 7 nitrogen and oxygen atoms in total. The first-order valence-corrected chi connectivity index (χ1v) is 8.40. The molecule has 2 atom stereocenters. The maximum Gasteiger partial charge on any atom is 0.307 e. The van der Waals surface area contributed by atoms with Crippen molar-refractivity contribution >= 4 is 12.2 Å². The molecule has 0 saturated carbocycles. The lowest BCUT2D eigenvalue weighted by molar-refractivity contribution is -0.142. The van der Waals surface area contributed by atoms with Gasteiger partial charge in [-0.1, -0.05) is 12.1 Å². The van der Waals surface area contributed by atoms with Crippen LogP contribution in [0.3, 0.4) is 0 Å². The number of benzene rings is 1. The first-order valence-electron chi connectivity index (χ1n) is 8.40. The van der Waals surface area contributed by atoms with Crippen LogP contribution in [0.25, 0.3) is 11.4 Å². The summed E-state index contributed by atoms with van der Waals surface area (Å²) in [7, 11) is 0. The van der Waals surface area contributed by atoms with Gasteiger partial charge in [-0.3, -0.25) is 4.79 Å². The molecule has 0 radical (unpaired) electrons. The molecular formula is C18H20FN5O2. The third-order valence-electron chi connectivity index (χ3n) is 4.26. The van der Waals surface area contributed by atoms with Crippen LogP contribution >= 0.6 is 0 Å². The van der Waals surface area contributed by atoms with Gasteiger partial charge in [0, 0.05) is 31.0 Å². The van der Waals surface area contributed by atoms with Crippen molar-refractivity contribution in [3.63, 3.8) is 0 Å². The van der Waals surface area contributed by atoms with Crippen molar-refractivity contribution in [2.75, 3.05) is 19.6 Å². The van der Waals surface area contributed by atoms with Crippen molar-refractivity contribution < 1.29 is 14.3 Å². The molecule has 0 aliphatic carbocycles. The summed E-state index contributed by atoms with van der Waals surface area (Å²) in [6.45, 7) is 1.87. The van der Waals surface area contributed by atoms with E-state index in [-0.39, 0.29) is 17.7 Å². The summed E-state index contributed by atoms with van der Waals surface area (Å²) >= 11 is 0. The lowest BCUT2D eigenvalue weighted by Gasteiger charge is -2.27. The molecule has 1 saturated heterocycles. The lowest BCUT2D eigenvalue weighted by Crippen LogP contribution is -2.42. The molecule has 2 aromatic rings. The Morgan fingerprint density at radius 1 is 1.35 bits per heavy atom. The SMILES string of the molecule is O=C(O)[C@H]1CNC[C@@H](CN/N=C/c2cnc(-c3ccccc3F)nc2)C1. The topological polar surface area (TPSA) is 99.5 Å². The zero-order valence-corrected chi connectivity index (χ0v) is 14.1. The minimum Gasteiger partial charge on any atom is -0.481 e. The van der Waals surface area contributed by atoms with Crippen LogP contribution in [0.5, 0.6) is 0 Å². The second kappa shape index (κ2) is 8.48. The van der Waals surface area contributed by atoms with Gasteiger partial charge in [0.1, 0.15) is 5.82 Å². The summed E-state index contributed by atoms with van der Waals surface area (Å²) in [6.07, 6.45) is 5.35. The Labute approximate surface area is 150 Å². The number of rotatable bonds is 6. The molecule has 3 rings (SSSR count). The highest BCUT2D eigenvalue weighted by molar-refractivity contribution is 5.78. The van der Waals surface area contributed by atoms with Gasteiger partial charge in [0.25, 0.3) is 0 Å². The van der Waals surface area contributed by atoms with E-state index in [1.807, 2.05) is 0 Å². The first kappa shape index (κ1) is 17.9. The molecule has 0 unspecified atom stereocenters. The summed E-state index contributed by atoms with van der Waals surface area (Å²) in [6, 6.07) is 6.34. The van der Waals surface area contributed by atoms with E-state index in [1.54, 1.807) is 36.8 Å². The first-order chi connectivity index (χ1) is 12.6. The van der Waals surface area contributed by atoms with Crippen LogP contribution in [0.2, 0.25) is 0 Å². The molecule has 3 N–H and O–H groups in total. The molecule has 0 spiro atoms. The molecule has 1 aliphatic rings. The van der Waals surface area contributed by atoms with E-state index in [1.165, 1.54) is 6.07 Å². The van der Waals surface area contributed by atoms with Crippen molar-refractivity contribution in [2.45, 2.75) is 6.42 Å². The number of aliphatic carboxylic acids is 1. The maximum absolute atomic E-state index is 13.7. The second-order valence-corrected chi connectivity index (χ2v) is 6.24. The number of halogens is 1. The molecule has 1 aromatic heterocycles. The summed E-state index contributed by atoms with van der Waals surface area (Å²) in [5, 5.41) is 16.3. The Morgan fingerprint density at radius 2 is 2.12 bits per heavy atom. The average molecular weight is 357 g/mol. The normalized spacial score (nSPS) is 20.2. The zero-order valence-electron chi connectivity index (χ0n) is 14.1. The number of carbonyl (C=O) groups is 1. The van der Waals surface area contributed by atoms with Crippen molar-refractivity contribution in [2.24, 2.45) is 16.9 Å². The highest BCUT2D eigenvalue weighted by atomic mass is 19.1. The summed E-state index contributed by atoms with van der Waals surface area (Å²) in [5.41, 5.74) is 3.98. The third kappa shape index (κ3) is 4.60. The number of hydrogen-bond acceptors (Lipinski definition) is 6. The Bertz CT molecular complexity index is 781. The zero-order chi connectivity index (χ0) is 18.4. The molecule has 2 heterocycles. The Morgan fingerprint density at radius 3 is 2.85 bits per heavy atom. The molecular weight excluding hydrogens is 337 g/mol. The minimum absolute atomic E-state index is 0.210. The van der Waals surface area contributed by atoms with Gasteiger partial charge in [0.15, 0.2) is 5.82 Å². The molecule has 0 amide bonds. The number of carboxylic acids is 1. The van der Waals surface area contributed by atoms with Crippen LogP contribution in [0, 0.1) is 17.7 Å². The fourth-order valence-electron chi connectivity index (χ4n) is 2.86. The average Bonchev–Trinajstić information content (AvgIpc) is 2.66. The van der Waals surface area contributed by atoms with Gasteiger partial charge in [-0.05, 0) is 31.0 Å². The minimum atomic E-state index is -0.766. The van der Waals surface area contributed by atoms with E-state index < -0.39 is 5.97 Å². The number of hydrogen-bond donors (Lipinski definition) is 3. The lowest BCUT2D eigenvalue weighted by atomic mass is 9.91. The Hall–Kier alpha value is -2.87. The molecule has 136 valence electrons. The summed E-state index contributed by atoms with van der Waals surface area (Å²) in [4.78, 5) is 19.4. The smallest absolute Gasteiger partial charge is 0.307 e. The standard InChI is InChI=1S/C18H20FN5O2/c19-16-4-2-1-3-15(16)17-21-7-13(8-22-17)10-24-23-9-12-5-14(18(25)26)11-20-6-12/h1-4,7-8,10,12,14,20,23H,5-6,9,11H2,(H,25,26)/b24-10+/t12-,14+/m0/s1. The summed E-state index contributed by atoms with van der Waals surface area (Å²) < 4.78 is 13.7. The van der Waals surface area contributed by atoms with Crippen LogP contribution < -0.4 is 10.7 Å². The highest BCUT2D eigenvalue weighted by Gasteiger charge is 2.26. The molecule has 1 aromatic carbocycles. The van der Waals surface area contributed by atoms with Crippen LogP contribution in [0.4, 0.5) is 4.39 Å². The maximum atomic E-state index is 13.7. The predicted molar refractivity (Wildman–Crippen MR) is 95.1 cm³/mol. The number of piperidine rings is 1. The van der Waals surface area contributed by atoms with Gasteiger partial charge in [-0.15, -0.1) is 0 Å². The quantitative estimate of drug-likeness (QED) is 0.535. The second-order valence-electron chi connectivity index (χ2n) is 6.24. The molecule has 8 heteroatoms. The van der Waals surface area contributed by atoms with Crippen molar-refractivity contribution in [3.05, 3.63) is 48.0 Å². The predicted octanol–water partition coefficient (Wildman–Crippen LogP) is 1.52. The van der Waals surface area contributed by atoms with Gasteiger partial charge in [0.2, 0.25) is 0 Å². The van der Waals surface area contributed by atoms with Gasteiger partial charge < -0.3 is 15.8 Å². The van der Waals surface area contributed by atoms with Crippen LogP contribution in [-0.4, -0.2) is 46.9 Å². The van der Waals surface area contributed by atoms with E-state index in [0.29, 0.717) is 36.5 Å².